The molecule has 11 heteroatoms. The lowest BCUT2D eigenvalue weighted by molar-refractivity contribution is -0.133. The zero-order valence-corrected chi connectivity index (χ0v) is 26.8. The van der Waals surface area contributed by atoms with E-state index in [0.29, 0.717) is 40.8 Å². The highest BCUT2D eigenvalue weighted by molar-refractivity contribution is 6.16. The summed E-state index contributed by atoms with van der Waals surface area (Å²) in [5, 5.41) is 4.43. The molecule has 0 saturated heterocycles. The van der Waals surface area contributed by atoms with E-state index in [-0.39, 0.29) is 35.5 Å². The van der Waals surface area contributed by atoms with E-state index in [1.54, 1.807) is 31.5 Å². The third-order valence-corrected chi connectivity index (χ3v) is 9.77. The number of carbonyl (C=O) groups is 2. The topological polar surface area (TPSA) is 116 Å². The molecule has 0 aliphatic heterocycles. The molecule has 250 valence electrons. The van der Waals surface area contributed by atoms with E-state index < -0.39 is 28.9 Å². The summed E-state index contributed by atoms with van der Waals surface area (Å²) in [6, 6.07) is 14.9. The molecule has 3 fully saturated rings. The molecule has 48 heavy (non-hydrogen) atoms. The fraction of sp³-hybridized carbons (Fsp3) is 0.378. The van der Waals surface area contributed by atoms with Crippen LogP contribution in [0.1, 0.15) is 57.8 Å². The minimum absolute atomic E-state index is 0.0139. The third kappa shape index (κ3) is 6.26. The average molecular weight is 657 g/mol. The first-order valence-electron chi connectivity index (χ1n) is 16.4. The number of benzene rings is 3. The van der Waals surface area contributed by atoms with Gasteiger partial charge in [0.05, 0.1) is 23.9 Å². The van der Waals surface area contributed by atoms with Gasteiger partial charge in [-0.25, -0.2) is 8.78 Å². The van der Waals surface area contributed by atoms with Crippen LogP contribution >= 0.6 is 0 Å². The molecule has 3 N–H and O–H groups in total. The monoisotopic (exact) mass is 656 g/mol. The molecule has 3 saturated carbocycles. The molecule has 2 amide bonds. The summed E-state index contributed by atoms with van der Waals surface area (Å²) in [6.07, 6.45) is 10.5. The summed E-state index contributed by atoms with van der Waals surface area (Å²) in [5.41, 5.74) is 5.16. The second-order valence-corrected chi connectivity index (χ2v) is 13.2. The molecule has 0 bridgehead atoms. The minimum atomic E-state index is -1.39. The number of hydrogen-bond donors (Lipinski definition) is 2. The summed E-state index contributed by atoms with van der Waals surface area (Å²) in [6.45, 7) is 0.525. The van der Waals surface area contributed by atoms with E-state index in [1.807, 2.05) is 0 Å². The normalized spacial score (nSPS) is 17.8. The highest BCUT2D eigenvalue weighted by Crippen LogP contribution is 2.49. The van der Waals surface area contributed by atoms with Crippen molar-refractivity contribution in [2.45, 2.75) is 69.4 Å². The van der Waals surface area contributed by atoms with Gasteiger partial charge in [-0.3, -0.25) is 19.5 Å². The van der Waals surface area contributed by atoms with Gasteiger partial charge in [0.2, 0.25) is 11.8 Å². The Labute approximate surface area is 277 Å². The first kappa shape index (κ1) is 31.8. The number of rotatable bonds is 12. The number of nitrogens with zero attached hydrogens (tertiary/aromatic N) is 2. The Morgan fingerprint density at radius 2 is 1.62 bits per heavy atom. The smallest absolute Gasteiger partial charge is 0.247 e. The van der Waals surface area contributed by atoms with Crippen LogP contribution in [0, 0.1) is 17.0 Å². The predicted octanol–water partition coefficient (Wildman–Crippen LogP) is 7.08. The summed E-state index contributed by atoms with van der Waals surface area (Å²) >= 11 is 0. The van der Waals surface area contributed by atoms with Gasteiger partial charge >= 0.3 is 0 Å². The first-order valence-corrected chi connectivity index (χ1v) is 16.4. The number of fused-ring (bicyclic) bond motifs is 1. The number of primary amides is 1. The maximum Gasteiger partial charge on any atom is 0.247 e. The van der Waals surface area contributed by atoms with E-state index in [0.717, 1.165) is 18.9 Å². The van der Waals surface area contributed by atoms with Gasteiger partial charge in [0.1, 0.15) is 23.6 Å². The van der Waals surface area contributed by atoms with Crippen LogP contribution in [0.4, 0.5) is 20.2 Å². The van der Waals surface area contributed by atoms with Crippen molar-refractivity contribution in [3.05, 3.63) is 78.5 Å². The SMILES string of the molecule is COc1cc2c(Oc3ccc(N(C(=O)C4(C(N)=O)CC4)c4ccc(F)cc4)cc3F)ccnc2cc1OCC1(NC2CCCCC2)CC1. The average Bonchev–Trinajstić information content (AvgIpc) is 4.03. The largest absolute Gasteiger partial charge is 0.493 e. The number of methoxy groups -OCH3 is 1. The molecule has 3 aliphatic rings. The van der Waals surface area contributed by atoms with Gasteiger partial charge in [0.25, 0.3) is 0 Å². The third-order valence-electron chi connectivity index (χ3n) is 9.77. The van der Waals surface area contributed by atoms with Crippen molar-refractivity contribution in [3.8, 4) is 23.0 Å². The quantitative estimate of drug-likeness (QED) is 0.157. The van der Waals surface area contributed by atoms with Crippen LogP contribution in [0.25, 0.3) is 10.9 Å². The maximum atomic E-state index is 15.7. The van der Waals surface area contributed by atoms with Crippen LogP contribution in [-0.4, -0.2) is 42.1 Å². The number of hydrogen-bond acceptors (Lipinski definition) is 7. The zero-order valence-electron chi connectivity index (χ0n) is 26.8. The van der Waals surface area contributed by atoms with E-state index in [2.05, 4.69) is 10.3 Å². The predicted molar refractivity (Wildman–Crippen MR) is 177 cm³/mol. The molecular weight excluding hydrogens is 618 g/mol. The number of aromatic nitrogens is 1. The van der Waals surface area contributed by atoms with Crippen LogP contribution in [0.3, 0.4) is 0 Å². The summed E-state index contributed by atoms with van der Waals surface area (Å²) in [4.78, 5) is 31.5. The molecule has 9 nitrogen and oxygen atoms in total. The van der Waals surface area contributed by atoms with Gasteiger partial charge in [-0.1, -0.05) is 19.3 Å². The van der Waals surface area contributed by atoms with Crippen LogP contribution in [0.2, 0.25) is 0 Å². The molecule has 0 unspecified atom stereocenters. The van der Waals surface area contributed by atoms with Crippen molar-refractivity contribution >= 4 is 34.1 Å². The van der Waals surface area contributed by atoms with Crippen LogP contribution in [-0.2, 0) is 9.59 Å². The fourth-order valence-electron chi connectivity index (χ4n) is 6.58. The zero-order chi connectivity index (χ0) is 33.5. The molecule has 3 aliphatic carbocycles. The van der Waals surface area contributed by atoms with E-state index in [9.17, 15) is 14.0 Å². The second-order valence-electron chi connectivity index (χ2n) is 13.2. The fourth-order valence-corrected chi connectivity index (χ4v) is 6.58. The molecule has 3 aromatic carbocycles. The summed E-state index contributed by atoms with van der Waals surface area (Å²) < 4.78 is 47.5. The Hall–Kier alpha value is -4.77. The van der Waals surface area contributed by atoms with Crippen molar-refractivity contribution < 1.29 is 32.6 Å². The first-order chi connectivity index (χ1) is 23.2. The molecule has 0 atom stereocenters. The standard InChI is InChI=1S/C37H38F2N4O5/c1-46-32-20-27-29(21-33(32)47-22-36(14-15-36)42-24-5-3-2-4-6-24)41-18-13-30(27)48-31-12-11-26(19-28(31)39)43(25-9-7-23(38)8-10-25)35(45)37(16-17-37)34(40)44/h7-13,18-21,24,42H,2-6,14-17,22H2,1H3,(H2,40,44). The summed E-state index contributed by atoms with van der Waals surface area (Å²) in [7, 11) is 1.56. The Kier molecular flexibility index (Phi) is 8.41. The lowest BCUT2D eigenvalue weighted by Crippen LogP contribution is -2.44. The van der Waals surface area contributed by atoms with Crippen molar-refractivity contribution in [3.63, 3.8) is 0 Å². The molecule has 0 radical (unpaired) electrons. The summed E-state index contributed by atoms with van der Waals surface area (Å²) in [5.74, 6) is -1.31. The highest BCUT2D eigenvalue weighted by atomic mass is 19.1. The number of pyridine rings is 1. The number of halogens is 2. The van der Waals surface area contributed by atoms with Gasteiger partial charge < -0.3 is 25.3 Å². The molecule has 1 heterocycles. The number of anilines is 2. The Bertz CT molecular complexity index is 1850. The van der Waals surface area contributed by atoms with Crippen LogP contribution < -0.4 is 30.2 Å². The number of nitrogens with one attached hydrogen (secondary N) is 1. The molecule has 4 aromatic rings. The number of carbonyl (C=O) groups excluding carboxylic acids is 2. The maximum absolute atomic E-state index is 15.7. The number of nitrogens with two attached hydrogens (primary N) is 1. The van der Waals surface area contributed by atoms with Crippen LogP contribution in [0.5, 0.6) is 23.0 Å². The van der Waals surface area contributed by atoms with Gasteiger partial charge in [-0.2, -0.15) is 0 Å². The van der Waals surface area contributed by atoms with Gasteiger partial charge in [0, 0.05) is 35.4 Å². The Morgan fingerprint density at radius 1 is 0.896 bits per heavy atom. The van der Waals surface area contributed by atoms with E-state index in [4.69, 9.17) is 19.9 Å². The van der Waals surface area contributed by atoms with Crippen molar-refractivity contribution in [1.82, 2.24) is 10.3 Å². The van der Waals surface area contributed by atoms with Crippen LogP contribution in [0.15, 0.2) is 66.9 Å². The number of ether oxygens (including phenoxy) is 3. The van der Waals surface area contributed by atoms with Crippen molar-refractivity contribution in [2.24, 2.45) is 11.1 Å². The van der Waals surface area contributed by atoms with Crippen molar-refractivity contribution in [1.29, 1.82) is 0 Å². The van der Waals surface area contributed by atoms with E-state index >= 15 is 4.39 Å². The Balaban J connectivity index is 1.13. The molecular formula is C37H38F2N4O5. The van der Waals surface area contributed by atoms with E-state index in [1.165, 1.54) is 73.4 Å². The number of amides is 2. The lowest BCUT2D eigenvalue weighted by atomic mass is 9.94. The molecule has 1 aromatic heterocycles. The molecule has 0 spiro atoms. The lowest BCUT2D eigenvalue weighted by Gasteiger charge is -2.28. The van der Waals surface area contributed by atoms with Crippen molar-refractivity contribution in [2.75, 3.05) is 18.6 Å². The minimum Gasteiger partial charge on any atom is -0.493 e. The Morgan fingerprint density at radius 3 is 2.27 bits per heavy atom. The highest BCUT2D eigenvalue weighted by Gasteiger charge is 2.57. The van der Waals surface area contributed by atoms with Gasteiger partial charge in [-0.05, 0) is 87.1 Å². The second kappa shape index (κ2) is 12.7. The van der Waals surface area contributed by atoms with Gasteiger partial charge in [0.15, 0.2) is 23.1 Å². The molecule has 7 rings (SSSR count). The van der Waals surface area contributed by atoms with Gasteiger partial charge in [-0.15, -0.1) is 0 Å².